The van der Waals surface area contributed by atoms with E-state index in [1.165, 1.54) is 44.1 Å². The maximum absolute atomic E-state index is 6.28. The Morgan fingerprint density at radius 1 is 1.14 bits per heavy atom. The Hall–Kier alpha value is -1.51. The first kappa shape index (κ1) is 13.2. The van der Waals surface area contributed by atoms with Gasteiger partial charge in [0.2, 0.25) is 0 Å². The normalized spacial score (nSPS) is 32.5. The fourth-order valence-electron chi connectivity index (χ4n) is 4.35. The monoisotopic (exact) mass is 283 g/mol. The van der Waals surface area contributed by atoms with Gasteiger partial charge in [-0.3, -0.25) is 4.99 Å². The molecule has 3 heteroatoms. The minimum atomic E-state index is 0.159. The molecule has 21 heavy (non-hydrogen) atoms. The van der Waals surface area contributed by atoms with E-state index in [9.17, 15) is 0 Å². The van der Waals surface area contributed by atoms with E-state index < -0.39 is 0 Å². The van der Waals surface area contributed by atoms with Gasteiger partial charge in [-0.15, -0.1) is 0 Å². The van der Waals surface area contributed by atoms with Gasteiger partial charge < -0.3 is 10.6 Å². The van der Waals surface area contributed by atoms with E-state index in [1.54, 1.807) is 0 Å². The lowest BCUT2D eigenvalue weighted by Crippen LogP contribution is -2.57. The topological polar surface area (TPSA) is 41.6 Å². The van der Waals surface area contributed by atoms with Crippen LogP contribution in [0.1, 0.15) is 50.0 Å². The lowest BCUT2D eigenvalue weighted by atomic mass is 9.69. The molecule has 112 valence electrons. The largest absolute Gasteiger partial charge is 0.370 e. The summed E-state index contributed by atoms with van der Waals surface area (Å²) >= 11 is 0. The molecule has 4 rings (SSSR count). The second kappa shape index (κ2) is 5.04. The van der Waals surface area contributed by atoms with Crippen molar-refractivity contribution in [3.63, 3.8) is 0 Å². The van der Waals surface area contributed by atoms with Crippen molar-refractivity contribution in [3.05, 3.63) is 35.9 Å². The first-order valence-electron chi connectivity index (χ1n) is 8.42. The summed E-state index contributed by atoms with van der Waals surface area (Å²) in [6.07, 6.45) is 7.90. The molecule has 0 radical (unpaired) electrons. The fraction of sp³-hybridized carbons (Fsp3) is 0.611. The number of nitrogens with two attached hydrogens (primary N) is 1. The van der Waals surface area contributed by atoms with Crippen LogP contribution in [0.4, 0.5) is 0 Å². The van der Waals surface area contributed by atoms with Gasteiger partial charge in [0.15, 0.2) is 5.96 Å². The first-order chi connectivity index (χ1) is 10.3. The van der Waals surface area contributed by atoms with Crippen molar-refractivity contribution in [2.45, 2.75) is 50.0 Å². The third kappa shape index (κ3) is 2.23. The van der Waals surface area contributed by atoms with Gasteiger partial charge >= 0.3 is 0 Å². The van der Waals surface area contributed by atoms with E-state index in [4.69, 9.17) is 5.73 Å². The molecule has 0 amide bonds. The predicted octanol–water partition coefficient (Wildman–Crippen LogP) is 3.12. The van der Waals surface area contributed by atoms with Crippen LogP contribution >= 0.6 is 0 Å². The Bertz CT molecular complexity index is 535. The lowest BCUT2D eigenvalue weighted by Gasteiger charge is -2.48. The summed E-state index contributed by atoms with van der Waals surface area (Å²) in [4.78, 5) is 7.16. The molecule has 2 saturated carbocycles. The molecule has 0 bridgehead atoms. The quantitative estimate of drug-likeness (QED) is 0.926. The Morgan fingerprint density at radius 3 is 2.71 bits per heavy atom. The van der Waals surface area contributed by atoms with Crippen LogP contribution in [-0.2, 0) is 0 Å². The number of nitrogens with zero attached hydrogens (tertiary/aromatic N) is 2. The van der Waals surface area contributed by atoms with Crippen molar-refractivity contribution in [1.82, 2.24) is 4.90 Å². The zero-order chi connectivity index (χ0) is 14.3. The van der Waals surface area contributed by atoms with E-state index in [0.717, 1.165) is 25.0 Å². The molecule has 3 aliphatic rings. The molecule has 1 aromatic rings. The average molecular weight is 283 g/mol. The molecule has 1 aliphatic heterocycles. The van der Waals surface area contributed by atoms with Crippen LogP contribution in [0.15, 0.2) is 35.3 Å². The minimum absolute atomic E-state index is 0.159. The summed E-state index contributed by atoms with van der Waals surface area (Å²) in [6.45, 7) is 2.02. The van der Waals surface area contributed by atoms with Gasteiger partial charge in [0.05, 0.1) is 12.1 Å². The Labute approximate surface area is 127 Å². The number of guanidine groups is 1. The smallest absolute Gasteiger partial charge is 0.191 e. The molecule has 1 aromatic carbocycles. The number of hydrogen-bond acceptors (Lipinski definition) is 3. The van der Waals surface area contributed by atoms with Gasteiger partial charge in [-0.1, -0.05) is 43.2 Å². The summed E-state index contributed by atoms with van der Waals surface area (Å²) in [7, 11) is 0. The molecule has 0 saturated heterocycles. The third-order valence-corrected chi connectivity index (χ3v) is 5.67. The van der Waals surface area contributed by atoms with E-state index >= 15 is 0 Å². The molecule has 3 nitrogen and oxygen atoms in total. The highest BCUT2D eigenvalue weighted by Gasteiger charge is 2.50. The molecule has 2 aliphatic carbocycles. The maximum atomic E-state index is 6.28. The van der Waals surface area contributed by atoms with Crippen molar-refractivity contribution in [1.29, 1.82) is 0 Å². The first-order valence-corrected chi connectivity index (χ1v) is 8.42. The summed E-state index contributed by atoms with van der Waals surface area (Å²) in [5.74, 6) is 2.23. The van der Waals surface area contributed by atoms with E-state index in [1.807, 2.05) is 0 Å². The summed E-state index contributed by atoms with van der Waals surface area (Å²) in [5, 5.41) is 0. The van der Waals surface area contributed by atoms with Gasteiger partial charge in [0.25, 0.3) is 0 Å². The third-order valence-electron chi connectivity index (χ3n) is 5.67. The van der Waals surface area contributed by atoms with Crippen molar-refractivity contribution in [3.8, 4) is 0 Å². The highest BCUT2D eigenvalue weighted by Crippen LogP contribution is 2.48. The van der Waals surface area contributed by atoms with Crippen molar-refractivity contribution in [2.75, 3.05) is 13.1 Å². The van der Waals surface area contributed by atoms with E-state index in [-0.39, 0.29) is 5.54 Å². The molecular weight excluding hydrogens is 258 g/mol. The molecular formula is C18H25N3. The SMILES string of the molecule is NC1=NCC2(CCCCC2c2ccccc2)N1CC1CC1. The number of aliphatic imine (C=N–C) groups is 1. The zero-order valence-electron chi connectivity index (χ0n) is 12.7. The molecule has 1 spiro atoms. The van der Waals surface area contributed by atoms with Crippen LogP contribution in [-0.4, -0.2) is 29.5 Å². The molecule has 2 unspecified atom stereocenters. The highest BCUT2D eigenvalue weighted by atomic mass is 15.4. The molecule has 0 aromatic heterocycles. The van der Waals surface area contributed by atoms with E-state index in [0.29, 0.717) is 5.92 Å². The standard InChI is InChI=1S/C18H25N3/c19-17-20-13-18(21(17)12-14-9-10-14)11-5-4-8-16(18)15-6-2-1-3-7-15/h1-3,6-7,14,16H,4-5,8-13H2,(H2,19,20). The summed E-state index contributed by atoms with van der Waals surface area (Å²) in [5.41, 5.74) is 7.91. The minimum Gasteiger partial charge on any atom is -0.370 e. The Kier molecular flexibility index (Phi) is 3.16. The van der Waals surface area contributed by atoms with Crippen LogP contribution in [0.25, 0.3) is 0 Å². The van der Waals surface area contributed by atoms with Gasteiger partial charge in [-0.2, -0.15) is 0 Å². The van der Waals surface area contributed by atoms with E-state index in [2.05, 4.69) is 40.2 Å². The van der Waals surface area contributed by atoms with Gasteiger partial charge in [0.1, 0.15) is 0 Å². The summed E-state index contributed by atoms with van der Waals surface area (Å²) in [6, 6.07) is 11.0. The molecule has 2 fully saturated rings. The lowest BCUT2D eigenvalue weighted by molar-refractivity contribution is 0.110. The van der Waals surface area contributed by atoms with Crippen LogP contribution in [0.3, 0.4) is 0 Å². The number of rotatable bonds is 3. The average Bonchev–Trinajstić information content (AvgIpc) is 3.30. The van der Waals surface area contributed by atoms with Crippen LogP contribution in [0.5, 0.6) is 0 Å². The highest BCUT2D eigenvalue weighted by molar-refractivity contribution is 5.81. The number of benzene rings is 1. The Balaban J connectivity index is 1.68. The van der Waals surface area contributed by atoms with Crippen LogP contribution < -0.4 is 5.73 Å². The summed E-state index contributed by atoms with van der Waals surface area (Å²) < 4.78 is 0. The second-order valence-corrected chi connectivity index (χ2v) is 7.04. The predicted molar refractivity (Wildman–Crippen MR) is 86.3 cm³/mol. The van der Waals surface area contributed by atoms with Gasteiger partial charge in [0, 0.05) is 12.5 Å². The van der Waals surface area contributed by atoms with Crippen molar-refractivity contribution >= 4 is 5.96 Å². The number of hydrogen-bond donors (Lipinski definition) is 1. The molecule has 2 atom stereocenters. The zero-order valence-corrected chi connectivity index (χ0v) is 12.7. The Morgan fingerprint density at radius 2 is 1.95 bits per heavy atom. The maximum Gasteiger partial charge on any atom is 0.191 e. The molecule has 1 heterocycles. The molecule has 2 N–H and O–H groups in total. The van der Waals surface area contributed by atoms with Crippen molar-refractivity contribution in [2.24, 2.45) is 16.6 Å². The van der Waals surface area contributed by atoms with Crippen LogP contribution in [0.2, 0.25) is 0 Å². The van der Waals surface area contributed by atoms with Crippen molar-refractivity contribution < 1.29 is 0 Å². The van der Waals surface area contributed by atoms with Gasteiger partial charge in [-0.05, 0) is 37.2 Å². The van der Waals surface area contributed by atoms with Crippen LogP contribution in [0, 0.1) is 5.92 Å². The second-order valence-electron chi connectivity index (χ2n) is 7.04. The fourth-order valence-corrected chi connectivity index (χ4v) is 4.35. The van der Waals surface area contributed by atoms with Gasteiger partial charge in [-0.25, -0.2) is 0 Å².